The number of carbonyl (C=O) groups is 2. The van der Waals surface area contributed by atoms with E-state index in [-0.39, 0.29) is 24.0 Å². The molecule has 0 bridgehead atoms. The monoisotopic (exact) mass is 439 g/mol. The first-order valence-corrected chi connectivity index (χ1v) is 11.0. The molecule has 0 aliphatic carbocycles. The van der Waals surface area contributed by atoms with Crippen molar-refractivity contribution in [1.82, 2.24) is 4.90 Å². The average molecular weight is 440 g/mol. The van der Waals surface area contributed by atoms with Crippen molar-refractivity contribution in [2.75, 3.05) is 19.8 Å². The number of Topliss-reactive ketones (excluding diaryl/α,β-unsaturated/α-hetero) is 1. The van der Waals surface area contributed by atoms with Crippen LogP contribution in [0, 0.1) is 12.8 Å². The molecular weight excluding hydrogens is 410 g/mol. The number of carbonyl (C=O) groups excluding carboxylic acids is 2. The number of furan rings is 1. The van der Waals surface area contributed by atoms with Crippen LogP contribution >= 0.6 is 0 Å². The first-order valence-electron chi connectivity index (χ1n) is 11.0. The normalized spacial score (nSPS) is 22.8. The van der Waals surface area contributed by atoms with E-state index >= 15 is 0 Å². The van der Waals surface area contributed by atoms with Crippen LogP contribution in [0.4, 0.5) is 0 Å². The minimum Gasteiger partial charge on any atom is -0.507 e. The third-order valence-corrected chi connectivity index (χ3v) is 5.69. The lowest BCUT2D eigenvalue weighted by Crippen LogP contribution is -2.36. The number of ether oxygens (including phenoxy) is 2. The zero-order chi connectivity index (χ0) is 22.8. The molecule has 2 aliphatic rings. The minimum atomic E-state index is -0.812. The molecule has 2 aromatic rings. The van der Waals surface area contributed by atoms with E-state index in [1.807, 2.05) is 13.8 Å². The Morgan fingerprint density at radius 2 is 2.06 bits per heavy atom. The maximum atomic E-state index is 13.1. The quantitative estimate of drug-likeness (QED) is 0.395. The molecule has 7 nitrogen and oxygen atoms in total. The lowest BCUT2D eigenvalue weighted by atomic mass is 9.99. The van der Waals surface area contributed by atoms with E-state index in [2.05, 4.69) is 0 Å². The summed E-state index contributed by atoms with van der Waals surface area (Å²) in [5.41, 5.74) is 0.429. The van der Waals surface area contributed by atoms with Crippen molar-refractivity contribution in [2.45, 2.75) is 45.8 Å². The van der Waals surface area contributed by atoms with Crippen LogP contribution in [0.25, 0.3) is 5.76 Å². The van der Waals surface area contributed by atoms with Gasteiger partial charge in [-0.1, -0.05) is 26.0 Å². The van der Waals surface area contributed by atoms with Gasteiger partial charge >= 0.3 is 0 Å². The molecule has 1 amide bonds. The second-order valence-electron chi connectivity index (χ2n) is 8.77. The van der Waals surface area contributed by atoms with Gasteiger partial charge in [0, 0.05) is 18.7 Å². The lowest BCUT2D eigenvalue weighted by Gasteiger charge is -2.25. The Bertz CT molecular complexity index is 1030. The minimum absolute atomic E-state index is 0.0170. The summed E-state index contributed by atoms with van der Waals surface area (Å²) in [6.45, 7) is 7.33. The van der Waals surface area contributed by atoms with E-state index in [0.29, 0.717) is 42.0 Å². The van der Waals surface area contributed by atoms with Gasteiger partial charge in [0.25, 0.3) is 11.7 Å². The Hall–Kier alpha value is -3.06. The number of amides is 1. The molecule has 32 heavy (non-hydrogen) atoms. The third-order valence-electron chi connectivity index (χ3n) is 5.69. The Labute approximate surface area is 187 Å². The highest BCUT2D eigenvalue weighted by Crippen LogP contribution is 2.41. The number of rotatable bonds is 7. The second kappa shape index (κ2) is 9.20. The molecule has 2 unspecified atom stereocenters. The lowest BCUT2D eigenvalue weighted by molar-refractivity contribution is -0.141. The van der Waals surface area contributed by atoms with Crippen LogP contribution in [0.3, 0.4) is 0 Å². The van der Waals surface area contributed by atoms with Gasteiger partial charge in [-0.3, -0.25) is 9.59 Å². The van der Waals surface area contributed by atoms with Crippen molar-refractivity contribution < 1.29 is 28.6 Å². The van der Waals surface area contributed by atoms with Crippen molar-refractivity contribution in [3.05, 3.63) is 59.1 Å². The molecule has 0 spiro atoms. The topological polar surface area (TPSA) is 89.2 Å². The van der Waals surface area contributed by atoms with Crippen molar-refractivity contribution in [2.24, 2.45) is 5.92 Å². The molecule has 0 saturated carbocycles. The van der Waals surface area contributed by atoms with Crippen LogP contribution < -0.4 is 4.74 Å². The number of ketones is 1. The SMILES string of the molecule is Cc1ccc(C2/C(=C(/O)c3cccc(OCC(C)C)c3)C(=O)C(=O)N2CC2CCCO2)o1. The highest BCUT2D eigenvalue weighted by Gasteiger charge is 2.48. The zero-order valence-electron chi connectivity index (χ0n) is 18.7. The van der Waals surface area contributed by atoms with E-state index < -0.39 is 17.7 Å². The molecule has 2 atom stereocenters. The van der Waals surface area contributed by atoms with Gasteiger partial charge in [0.1, 0.15) is 29.1 Å². The third kappa shape index (κ3) is 4.43. The Balaban J connectivity index is 1.74. The maximum Gasteiger partial charge on any atom is 0.295 e. The first kappa shape index (κ1) is 22.1. The Morgan fingerprint density at radius 3 is 2.72 bits per heavy atom. The van der Waals surface area contributed by atoms with Crippen LogP contribution in [0.2, 0.25) is 0 Å². The van der Waals surface area contributed by atoms with E-state index in [9.17, 15) is 14.7 Å². The molecule has 4 rings (SSSR count). The van der Waals surface area contributed by atoms with E-state index in [1.54, 1.807) is 43.3 Å². The molecule has 170 valence electrons. The van der Waals surface area contributed by atoms with Gasteiger partial charge in [-0.25, -0.2) is 0 Å². The highest BCUT2D eigenvalue weighted by molar-refractivity contribution is 6.46. The molecule has 1 aromatic heterocycles. The number of nitrogens with zero attached hydrogens (tertiary/aromatic N) is 1. The molecular formula is C25H29NO6. The van der Waals surface area contributed by atoms with Crippen molar-refractivity contribution >= 4 is 17.4 Å². The fraction of sp³-hybridized carbons (Fsp3) is 0.440. The average Bonchev–Trinajstić information content (AvgIpc) is 3.49. The summed E-state index contributed by atoms with van der Waals surface area (Å²) in [5, 5.41) is 11.2. The summed E-state index contributed by atoms with van der Waals surface area (Å²) in [5.74, 6) is 0.396. The van der Waals surface area contributed by atoms with Crippen LogP contribution in [0.1, 0.15) is 49.8 Å². The van der Waals surface area contributed by atoms with E-state index in [1.165, 1.54) is 4.90 Å². The predicted molar refractivity (Wildman–Crippen MR) is 118 cm³/mol. The Morgan fingerprint density at radius 1 is 1.25 bits per heavy atom. The molecule has 7 heteroatoms. The summed E-state index contributed by atoms with van der Waals surface area (Å²) in [7, 11) is 0. The fourth-order valence-corrected chi connectivity index (χ4v) is 4.12. The first-order chi connectivity index (χ1) is 15.3. The highest BCUT2D eigenvalue weighted by atomic mass is 16.5. The molecule has 0 radical (unpaired) electrons. The fourth-order valence-electron chi connectivity index (χ4n) is 4.12. The maximum absolute atomic E-state index is 13.1. The standard InChI is InChI=1S/C25H29NO6/c1-15(2)14-31-18-7-4-6-17(12-18)23(27)21-22(20-10-9-16(3)32-20)26(25(29)24(21)28)13-19-8-5-11-30-19/h4,6-7,9-10,12,15,19,22,27H,5,8,11,13-14H2,1-3H3/b23-21-. The summed E-state index contributed by atoms with van der Waals surface area (Å²) in [6.07, 6.45) is 1.60. The molecule has 1 aromatic carbocycles. The van der Waals surface area contributed by atoms with Gasteiger partial charge in [0.05, 0.1) is 18.3 Å². The van der Waals surface area contributed by atoms with Gasteiger partial charge in [0.15, 0.2) is 0 Å². The largest absolute Gasteiger partial charge is 0.507 e. The van der Waals surface area contributed by atoms with Gasteiger partial charge in [-0.2, -0.15) is 0 Å². The van der Waals surface area contributed by atoms with Crippen molar-refractivity contribution in [1.29, 1.82) is 0 Å². The number of hydrogen-bond acceptors (Lipinski definition) is 6. The summed E-state index contributed by atoms with van der Waals surface area (Å²) in [6, 6.07) is 9.62. The molecule has 2 saturated heterocycles. The molecule has 2 aliphatic heterocycles. The van der Waals surface area contributed by atoms with Gasteiger partial charge in [0.2, 0.25) is 0 Å². The Kier molecular flexibility index (Phi) is 6.37. The van der Waals surface area contributed by atoms with E-state index in [0.717, 1.165) is 12.8 Å². The van der Waals surface area contributed by atoms with Crippen molar-refractivity contribution in [3.8, 4) is 5.75 Å². The molecule has 3 heterocycles. The van der Waals surface area contributed by atoms with Gasteiger partial charge < -0.3 is 23.9 Å². The van der Waals surface area contributed by atoms with Crippen molar-refractivity contribution in [3.63, 3.8) is 0 Å². The summed E-state index contributed by atoms with van der Waals surface area (Å²) >= 11 is 0. The molecule has 1 N–H and O–H groups in total. The predicted octanol–water partition coefficient (Wildman–Crippen LogP) is 4.22. The number of aryl methyl sites for hydroxylation is 1. The van der Waals surface area contributed by atoms with Crippen LogP contribution in [-0.2, 0) is 14.3 Å². The van der Waals surface area contributed by atoms with E-state index in [4.69, 9.17) is 13.9 Å². The summed E-state index contributed by atoms with van der Waals surface area (Å²) in [4.78, 5) is 27.5. The number of hydrogen-bond donors (Lipinski definition) is 1. The van der Waals surface area contributed by atoms with Crippen LogP contribution in [0.5, 0.6) is 5.75 Å². The van der Waals surface area contributed by atoms with Crippen LogP contribution in [0.15, 0.2) is 46.4 Å². The number of benzene rings is 1. The van der Waals surface area contributed by atoms with Crippen LogP contribution in [-0.4, -0.2) is 47.6 Å². The second-order valence-corrected chi connectivity index (χ2v) is 8.77. The zero-order valence-corrected chi connectivity index (χ0v) is 18.7. The van der Waals surface area contributed by atoms with Gasteiger partial charge in [-0.05, 0) is 49.9 Å². The smallest absolute Gasteiger partial charge is 0.295 e. The molecule has 2 fully saturated rings. The number of aliphatic hydroxyl groups is 1. The number of likely N-dealkylation sites (tertiary alicyclic amines) is 1. The number of aliphatic hydroxyl groups excluding tert-OH is 1. The van der Waals surface area contributed by atoms with Gasteiger partial charge in [-0.15, -0.1) is 0 Å². The summed E-state index contributed by atoms with van der Waals surface area (Å²) < 4.78 is 17.3.